The molecule has 1 aromatic carbocycles. The minimum Gasteiger partial charge on any atom is -0.481 e. The van der Waals surface area contributed by atoms with Crippen LogP contribution in [0.5, 0.6) is 0 Å². The van der Waals surface area contributed by atoms with E-state index in [1.165, 1.54) is 16.9 Å². The summed E-state index contributed by atoms with van der Waals surface area (Å²) in [6.45, 7) is 3.52. The number of aryl methyl sites for hydroxylation is 2. The zero-order valence-electron chi connectivity index (χ0n) is 15.0. The highest BCUT2D eigenvalue weighted by atomic mass is 32.1. The van der Waals surface area contributed by atoms with Crippen molar-refractivity contribution in [1.29, 1.82) is 0 Å². The Morgan fingerprint density at radius 3 is 2.77 bits per heavy atom. The van der Waals surface area contributed by atoms with E-state index in [-0.39, 0.29) is 0 Å². The summed E-state index contributed by atoms with van der Waals surface area (Å²) in [5, 5.41) is 30.4. The molecule has 0 bridgehead atoms. The van der Waals surface area contributed by atoms with Gasteiger partial charge in [0.15, 0.2) is 0 Å². The fourth-order valence-corrected chi connectivity index (χ4v) is 4.46. The number of aliphatic hydroxyl groups excluding tert-OH is 1. The fraction of sp³-hybridized carbons (Fsp3) is 0.526. The molecule has 0 amide bonds. The third-order valence-corrected chi connectivity index (χ3v) is 5.97. The van der Waals surface area contributed by atoms with Crippen LogP contribution in [-0.2, 0) is 17.8 Å². The van der Waals surface area contributed by atoms with Crippen molar-refractivity contribution in [3.05, 3.63) is 45.9 Å². The van der Waals surface area contributed by atoms with Gasteiger partial charge < -0.3 is 10.2 Å². The van der Waals surface area contributed by atoms with Crippen molar-refractivity contribution in [2.24, 2.45) is 5.41 Å². The number of aromatic nitrogens is 2. The molecule has 2 atom stereocenters. The van der Waals surface area contributed by atoms with Crippen LogP contribution >= 0.6 is 11.3 Å². The zero-order chi connectivity index (χ0) is 18.6. The minimum absolute atomic E-state index is 0.344. The maximum Gasteiger partial charge on any atom is 0.313 e. The molecular weight excluding hydrogens is 350 g/mol. The zero-order valence-corrected chi connectivity index (χ0v) is 15.8. The number of likely N-dealkylation sites (tertiary alicyclic amines) is 1. The van der Waals surface area contributed by atoms with Gasteiger partial charge in [0.25, 0.3) is 0 Å². The van der Waals surface area contributed by atoms with Crippen LogP contribution in [0.15, 0.2) is 30.3 Å². The Bertz CT molecular complexity index is 737. The molecule has 0 aliphatic carbocycles. The first-order valence-corrected chi connectivity index (χ1v) is 9.78. The third-order valence-electron chi connectivity index (χ3n) is 5.15. The van der Waals surface area contributed by atoms with Gasteiger partial charge in [0.2, 0.25) is 0 Å². The van der Waals surface area contributed by atoms with Gasteiger partial charge >= 0.3 is 5.97 Å². The largest absolute Gasteiger partial charge is 0.481 e. The van der Waals surface area contributed by atoms with E-state index in [4.69, 9.17) is 0 Å². The van der Waals surface area contributed by atoms with Crippen LogP contribution in [0.2, 0.25) is 0 Å². The number of carboxylic acids is 1. The molecule has 2 heterocycles. The lowest BCUT2D eigenvalue weighted by Crippen LogP contribution is -2.55. The van der Waals surface area contributed by atoms with Gasteiger partial charge in [0.05, 0.1) is 12.6 Å². The molecule has 7 heteroatoms. The van der Waals surface area contributed by atoms with Gasteiger partial charge in [0.1, 0.15) is 15.4 Å². The Kier molecular flexibility index (Phi) is 6.01. The monoisotopic (exact) mass is 375 g/mol. The smallest absolute Gasteiger partial charge is 0.313 e. The van der Waals surface area contributed by atoms with Gasteiger partial charge in [-0.1, -0.05) is 30.3 Å². The summed E-state index contributed by atoms with van der Waals surface area (Å²) in [6.07, 6.45) is 1.67. The maximum atomic E-state index is 12.1. The van der Waals surface area contributed by atoms with E-state index in [1.807, 2.05) is 25.1 Å². The Hall–Kier alpha value is -1.83. The van der Waals surface area contributed by atoms with Gasteiger partial charge in [-0.2, -0.15) is 0 Å². The van der Waals surface area contributed by atoms with E-state index < -0.39 is 17.5 Å². The first-order chi connectivity index (χ1) is 12.5. The van der Waals surface area contributed by atoms with Gasteiger partial charge in [-0.3, -0.25) is 9.69 Å². The summed E-state index contributed by atoms with van der Waals surface area (Å²) in [7, 11) is 0. The first-order valence-electron chi connectivity index (χ1n) is 8.96. The van der Waals surface area contributed by atoms with Crippen LogP contribution in [0.3, 0.4) is 0 Å². The van der Waals surface area contributed by atoms with Gasteiger partial charge in [-0.05, 0) is 38.2 Å². The Morgan fingerprint density at radius 2 is 2.12 bits per heavy atom. The average Bonchev–Trinajstić information content (AvgIpc) is 3.03. The fourth-order valence-electron chi connectivity index (χ4n) is 3.71. The number of hydrogen-bond acceptors (Lipinski definition) is 6. The molecule has 0 unspecified atom stereocenters. The number of aliphatic hydroxyl groups is 1. The molecular formula is C19H25N3O3S. The summed E-state index contributed by atoms with van der Waals surface area (Å²) in [4.78, 5) is 14.2. The molecule has 2 N–H and O–H groups in total. The number of benzene rings is 1. The van der Waals surface area contributed by atoms with Crippen LogP contribution < -0.4 is 0 Å². The van der Waals surface area contributed by atoms with E-state index in [9.17, 15) is 15.0 Å². The first kappa shape index (κ1) is 18.9. The molecule has 1 aliphatic heterocycles. The van der Waals surface area contributed by atoms with E-state index >= 15 is 0 Å². The van der Waals surface area contributed by atoms with Crippen molar-refractivity contribution >= 4 is 17.3 Å². The quantitative estimate of drug-likeness (QED) is 0.773. The lowest BCUT2D eigenvalue weighted by atomic mass is 9.73. The van der Waals surface area contributed by atoms with Crippen molar-refractivity contribution < 1.29 is 15.0 Å². The molecule has 140 valence electrons. The standard InChI is InChI=1S/C19H25N3O3S/c1-14-20-21-17(26-14)12-22-11-9-16(23)19(13-22,18(24)25)10-5-8-15-6-3-2-4-7-15/h2-4,6-7,16,23H,5,8-13H2,1H3,(H,24,25)/t16-,19+/m0/s1. The number of carboxylic acid groups (broad SMARTS) is 1. The molecule has 1 aromatic heterocycles. The predicted molar refractivity (Wildman–Crippen MR) is 100.0 cm³/mol. The Labute approximate surface area is 157 Å². The molecule has 6 nitrogen and oxygen atoms in total. The van der Waals surface area contributed by atoms with Gasteiger partial charge in [-0.15, -0.1) is 21.5 Å². The van der Waals surface area contributed by atoms with Crippen molar-refractivity contribution in [2.45, 2.75) is 45.3 Å². The van der Waals surface area contributed by atoms with E-state index in [1.54, 1.807) is 0 Å². The highest BCUT2D eigenvalue weighted by molar-refractivity contribution is 7.11. The van der Waals surface area contributed by atoms with Crippen LogP contribution in [0.25, 0.3) is 0 Å². The number of carbonyl (C=O) groups is 1. The van der Waals surface area contributed by atoms with Crippen LogP contribution in [0, 0.1) is 12.3 Å². The lowest BCUT2D eigenvalue weighted by molar-refractivity contribution is -0.164. The Morgan fingerprint density at radius 1 is 1.35 bits per heavy atom. The maximum absolute atomic E-state index is 12.1. The number of nitrogens with zero attached hydrogens (tertiary/aromatic N) is 3. The molecule has 0 radical (unpaired) electrons. The number of hydrogen-bond donors (Lipinski definition) is 2. The predicted octanol–water partition coefficient (Wildman–Crippen LogP) is 2.51. The second-order valence-electron chi connectivity index (χ2n) is 7.03. The molecule has 0 spiro atoms. The van der Waals surface area contributed by atoms with Crippen LogP contribution in [-0.4, -0.2) is 50.5 Å². The van der Waals surface area contributed by atoms with Gasteiger partial charge in [-0.25, -0.2) is 0 Å². The topological polar surface area (TPSA) is 86.5 Å². The van der Waals surface area contributed by atoms with Crippen molar-refractivity contribution in [1.82, 2.24) is 15.1 Å². The Balaban J connectivity index is 1.67. The molecule has 1 saturated heterocycles. The lowest BCUT2D eigenvalue weighted by Gasteiger charge is -2.43. The highest BCUT2D eigenvalue weighted by Gasteiger charge is 2.48. The highest BCUT2D eigenvalue weighted by Crippen LogP contribution is 2.36. The summed E-state index contributed by atoms with van der Waals surface area (Å²) in [5.74, 6) is -0.906. The minimum atomic E-state index is -1.12. The SMILES string of the molecule is Cc1nnc(CN2CC[C@H](O)[C@](CCCc3ccccc3)(C(=O)O)C2)s1. The average molecular weight is 375 g/mol. The van der Waals surface area contributed by atoms with Crippen LogP contribution in [0.1, 0.15) is 34.8 Å². The second kappa shape index (κ2) is 8.24. The molecule has 26 heavy (non-hydrogen) atoms. The summed E-state index contributed by atoms with van der Waals surface area (Å²) in [5.41, 5.74) is 0.0757. The van der Waals surface area contributed by atoms with Crippen molar-refractivity contribution in [3.63, 3.8) is 0 Å². The molecule has 1 fully saturated rings. The van der Waals surface area contributed by atoms with E-state index in [0.717, 1.165) is 22.9 Å². The van der Waals surface area contributed by atoms with Crippen molar-refractivity contribution in [3.8, 4) is 0 Å². The summed E-state index contributed by atoms with van der Waals surface area (Å²) < 4.78 is 0. The number of piperidine rings is 1. The molecule has 1 aliphatic rings. The number of rotatable bonds is 7. The van der Waals surface area contributed by atoms with E-state index in [0.29, 0.717) is 32.5 Å². The number of aliphatic carboxylic acids is 1. The molecule has 2 aromatic rings. The van der Waals surface area contributed by atoms with Crippen LogP contribution in [0.4, 0.5) is 0 Å². The second-order valence-corrected chi connectivity index (χ2v) is 8.30. The molecule has 0 saturated carbocycles. The van der Waals surface area contributed by atoms with E-state index in [2.05, 4.69) is 27.2 Å². The third kappa shape index (κ3) is 4.28. The van der Waals surface area contributed by atoms with Gasteiger partial charge in [0, 0.05) is 13.1 Å². The normalized spacial score (nSPS) is 23.8. The summed E-state index contributed by atoms with van der Waals surface area (Å²) in [6, 6.07) is 10.1. The van der Waals surface area contributed by atoms with Crippen molar-refractivity contribution in [2.75, 3.05) is 13.1 Å². The summed E-state index contributed by atoms with van der Waals surface area (Å²) >= 11 is 1.53. The molecule has 3 rings (SSSR count).